The van der Waals surface area contributed by atoms with Crippen molar-refractivity contribution in [2.45, 2.75) is 20.0 Å². The highest BCUT2D eigenvalue weighted by Crippen LogP contribution is 2.22. The van der Waals surface area contributed by atoms with E-state index in [2.05, 4.69) is 20.9 Å². The monoisotopic (exact) mass is 289 g/mol. The lowest BCUT2D eigenvalue weighted by Crippen LogP contribution is -2.19. The molecule has 0 fully saturated rings. The zero-order valence-electron chi connectivity index (χ0n) is 12.2. The van der Waals surface area contributed by atoms with Crippen molar-refractivity contribution < 1.29 is 9.53 Å². The van der Waals surface area contributed by atoms with Crippen LogP contribution < -0.4 is 15.4 Å². The van der Waals surface area contributed by atoms with Crippen LogP contribution in [0.5, 0.6) is 5.75 Å². The summed E-state index contributed by atoms with van der Waals surface area (Å²) in [5, 5.41) is 13.9. The van der Waals surface area contributed by atoms with Gasteiger partial charge >= 0.3 is 0 Å². The minimum absolute atomic E-state index is 0.108. The second kappa shape index (κ2) is 7.39. The molecule has 1 amide bonds. The number of rotatable bonds is 7. The summed E-state index contributed by atoms with van der Waals surface area (Å²) >= 11 is 0. The quantitative estimate of drug-likeness (QED) is 0.796. The third kappa shape index (κ3) is 4.28. The van der Waals surface area contributed by atoms with Gasteiger partial charge in [0.2, 0.25) is 5.91 Å². The van der Waals surface area contributed by atoms with E-state index in [1.807, 2.05) is 19.1 Å². The smallest absolute Gasteiger partial charge is 0.246 e. The highest BCUT2D eigenvalue weighted by molar-refractivity contribution is 5.92. The molecule has 0 aliphatic heterocycles. The molecule has 2 rings (SSSR count). The lowest BCUT2D eigenvalue weighted by Gasteiger charge is -2.09. The molecule has 2 N–H and O–H groups in total. The topological polar surface area (TPSA) is 81.1 Å². The molecule has 0 aliphatic rings. The Balaban J connectivity index is 1.93. The number of nitrogens with zero attached hydrogens (tertiary/aromatic N) is 3. The molecule has 0 saturated heterocycles. The molecule has 7 heteroatoms. The fraction of sp³-hybridized carbons (Fsp3) is 0.357. The highest BCUT2D eigenvalue weighted by Gasteiger charge is 2.09. The van der Waals surface area contributed by atoms with Gasteiger partial charge in [-0.05, 0) is 18.7 Å². The zero-order chi connectivity index (χ0) is 15.1. The van der Waals surface area contributed by atoms with E-state index in [-0.39, 0.29) is 12.5 Å². The third-order valence-corrected chi connectivity index (χ3v) is 2.83. The van der Waals surface area contributed by atoms with Crippen LogP contribution >= 0.6 is 0 Å². The van der Waals surface area contributed by atoms with Crippen molar-refractivity contribution in [1.82, 2.24) is 20.3 Å². The van der Waals surface area contributed by atoms with Crippen molar-refractivity contribution in [3.05, 3.63) is 36.2 Å². The van der Waals surface area contributed by atoms with E-state index in [9.17, 15) is 4.79 Å². The molecule has 0 aliphatic carbocycles. The maximum Gasteiger partial charge on any atom is 0.246 e. The normalized spacial score (nSPS) is 10.4. The summed E-state index contributed by atoms with van der Waals surface area (Å²) < 4.78 is 6.70. The van der Waals surface area contributed by atoms with Crippen LogP contribution in [0, 0.1) is 0 Å². The molecule has 1 aromatic carbocycles. The van der Waals surface area contributed by atoms with Crippen LogP contribution in [-0.4, -0.2) is 34.6 Å². The molecule has 0 bridgehead atoms. The van der Waals surface area contributed by atoms with Crippen LogP contribution in [-0.2, 0) is 17.9 Å². The van der Waals surface area contributed by atoms with Gasteiger partial charge in [0.05, 0.1) is 24.7 Å². The van der Waals surface area contributed by atoms with E-state index < -0.39 is 0 Å². The number of ether oxygens (including phenoxy) is 1. The molecule has 1 aromatic heterocycles. The summed E-state index contributed by atoms with van der Waals surface area (Å²) in [5.41, 5.74) is 1.44. The fourth-order valence-electron chi connectivity index (χ4n) is 1.83. The maximum atomic E-state index is 12.0. The van der Waals surface area contributed by atoms with Crippen LogP contribution in [0.15, 0.2) is 30.5 Å². The van der Waals surface area contributed by atoms with Gasteiger partial charge in [-0.3, -0.25) is 4.79 Å². The molecular weight excluding hydrogens is 270 g/mol. The molecule has 21 heavy (non-hydrogen) atoms. The van der Waals surface area contributed by atoms with Crippen LogP contribution in [0.1, 0.15) is 12.6 Å². The average Bonchev–Trinajstić information content (AvgIpc) is 2.93. The maximum absolute atomic E-state index is 12.0. The summed E-state index contributed by atoms with van der Waals surface area (Å²) in [6.45, 7) is 3.63. The van der Waals surface area contributed by atoms with Crippen molar-refractivity contribution in [3.63, 3.8) is 0 Å². The average molecular weight is 289 g/mol. The summed E-state index contributed by atoms with van der Waals surface area (Å²) in [4.78, 5) is 12.0. The Bertz CT molecular complexity index is 597. The Hall–Kier alpha value is -2.41. The van der Waals surface area contributed by atoms with Gasteiger partial charge in [-0.2, -0.15) is 0 Å². The standard InChI is InChI=1S/C14H19N5O2/c1-3-15-8-11-9-19(18-17-11)10-14(20)16-12-6-4-5-7-13(12)21-2/h4-7,9,15H,3,8,10H2,1-2H3,(H,16,20). The second-order valence-electron chi connectivity index (χ2n) is 4.44. The van der Waals surface area contributed by atoms with E-state index >= 15 is 0 Å². The Labute approximate surface area is 123 Å². The van der Waals surface area contributed by atoms with Gasteiger partial charge in [0, 0.05) is 6.54 Å². The Morgan fingerprint density at radius 1 is 1.38 bits per heavy atom. The van der Waals surface area contributed by atoms with Gasteiger partial charge in [0.15, 0.2) is 0 Å². The molecule has 7 nitrogen and oxygen atoms in total. The number of nitrogens with one attached hydrogen (secondary N) is 2. The lowest BCUT2D eigenvalue weighted by atomic mass is 10.3. The van der Waals surface area contributed by atoms with Crippen LogP contribution in [0.4, 0.5) is 5.69 Å². The number of amides is 1. The van der Waals surface area contributed by atoms with E-state index in [4.69, 9.17) is 4.74 Å². The molecule has 0 saturated carbocycles. The number of carbonyl (C=O) groups excluding carboxylic acids is 1. The van der Waals surface area contributed by atoms with E-state index in [1.165, 1.54) is 4.68 Å². The van der Waals surface area contributed by atoms with Gasteiger partial charge in [-0.15, -0.1) is 5.10 Å². The molecule has 0 radical (unpaired) electrons. The minimum Gasteiger partial charge on any atom is -0.495 e. The molecule has 0 unspecified atom stereocenters. The Morgan fingerprint density at radius 3 is 2.95 bits per heavy atom. The third-order valence-electron chi connectivity index (χ3n) is 2.83. The van der Waals surface area contributed by atoms with Crippen LogP contribution in [0.3, 0.4) is 0 Å². The van der Waals surface area contributed by atoms with Crippen molar-refractivity contribution in [3.8, 4) is 5.75 Å². The predicted octanol–water partition coefficient (Wildman–Crippen LogP) is 1.03. The van der Waals surface area contributed by atoms with Gasteiger partial charge in [0.25, 0.3) is 0 Å². The summed E-state index contributed by atoms with van der Waals surface area (Å²) in [6, 6.07) is 7.26. The Morgan fingerprint density at radius 2 is 2.19 bits per heavy atom. The number of carbonyl (C=O) groups is 1. The minimum atomic E-state index is -0.181. The summed E-state index contributed by atoms with van der Waals surface area (Å²) in [7, 11) is 1.56. The van der Waals surface area contributed by atoms with E-state index in [1.54, 1.807) is 25.4 Å². The molecule has 1 heterocycles. The number of hydrogen-bond acceptors (Lipinski definition) is 5. The Kier molecular flexibility index (Phi) is 5.28. The highest BCUT2D eigenvalue weighted by atomic mass is 16.5. The molecule has 0 atom stereocenters. The van der Waals surface area contributed by atoms with Gasteiger partial charge in [-0.1, -0.05) is 24.3 Å². The van der Waals surface area contributed by atoms with Gasteiger partial charge in [0.1, 0.15) is 12.3 Å². The number of aromatic nitrogens is 3. The van der Waals surface area contributed by atoms with Crippen molar-refractivity contribution in [1.29, 1.82) is 0 Å². The first-order chi connectivity index (χ1) is 10.2. The second-order valence-corrected chi connectivity index (χ2v) is 4.44. The molecule has 2 aromatic rings. The number of para-hydroxylation sites is 2. The number of methoxy groups -OCH3 is 1. The van der Waals surface area contributed by atoms with Gasteiger partial charge < -0.3 is 15.4 Å². The first kappa shape index (κ1) is 15.0. The summed E-state index contributed by atoms with van der Waals surface area (Å²) in [6.07, 6.45) is 1.75. The zero-order valence-corrected chi connectivity index (χ0v) is 12.2. The summed E-state index contributed by atoms with van der Waals surface area (Å²) in [5.74, 6) is 0.441. The number of anilines is 1. The molecule has 112 valence electrons. The largest absolute Gasteiger partial charge is 0.495 e. The van der Waals surface area contributed by atoms with Crippen LogP contribution in [0.2, 0.25) is 0 Å². The molecular formula is C14H19N5O2. The first-order valence-electron chi connectivity index (χ1n) is 6.75. The first-order valence-corrected chi connectivity index (χ1v) is 6.75. The SMILES string of the molecule is CCNCc1cn(CC(=O)Nc2ccccc2OC)nn1. The van der Waals surface area contributed by atoms with Crippen LogP contribution in [0.25, 0.3) is 0 Å². The van der Waals surface area contributed by atoms with Crippen molar-refractivity contribution >= 4 is 11.6 Å². The van der Waals surface area contributed by atoms with Gasteiger partial charge in [-0.25, -0.2) is 4.68 Å². The van der Waals surface area contributed by atoms with E-state index in [0.717, 1.165) is 12.2 Å². The predicted molar refractivity (Wildman–Crippen MR) is 79.0 cm³/mol. The number of benzene rings is 1. The van der Waals surface area contributed by atoms with Crippen molar-refractivity contribution in [2.24, 2.45) is 0 Å². The van der Waals surface area contributed by atoms with Crippen molar-refractivity contribution in [2.75, 3.05) is 19.0 Å². The van der Waals surface area contributed by atoms with E-state index in [0.29, 0.717) is 18.0 Å². The fourth-order valence-corrected chi connectivity index (χ4v) is 1.83. The molecule has 0 spiro atoms. The lowest BCUT2D eigenvalue weighted by molar-refractivity contribution is -0.116. The number of hydrogen-bond donors (Lipinski definition) is 2.